The Hall–Kier alpha value is -6.11. The summed E-state index contributed by atoms with van der Waals surface area (Å²) in [5.74, 6) is -0.483. The first kappa shape index (κ1) is 41.3. The summed E-state index contributed by atoms with van der Waals surface area (Å²) < 4.78 is 27.8. The molecule has 4 aliphatic heterocycles. The third kappa shape index (κ3) is 8.80. The number of pyridine rings is 1. The highest BCUT2D eigenvalue weighted by atomic mass is 19.1. The van der Waals surface area contributed by atoms with Crippen LogP contribution in [0.25, 0.3) is 10.9 Å². The van der Waals surface area contributed by atoms with Gasteiger partial charge < -0.3 is 29.5 Å². The van der Waals surface area contributed by atoms with E-state index in [2.05, 4.69) is 36.4 Å². The molecule has 1 unspecified atom stereocenters. The van der Waals surface area contributed by atoms with Crippen LogP contribution in [-0.2, 0) is 20.9 Å². The number of benzene rings is 3. The number of nitrogens with one attached hydrogen (secondary N) is 2. The maximum absolute atomic E-state index is 15.6. The Morgan fingerprint density at radius 3 is 2.50 bits per heavy atom. The predicted molar refractivity (Wildman–Crippen MR) is 233 cm³/mol. The van der Waals surface area contributed by atoms with E-state index in [0.29, 0.717) is 39.6 Å². The average Bonchev–Trinajstić information content (AvgIpc) is 3.45. The first-order chi connectivity index (χ1) is 30.2. The van der Waals surface area contributed by atoms with E-state index >= 15 is 4.39 Å². The van der Waals surface area contributed by atoms with Gasteiger partial charge in [-0.2, -0.15) is 5.26 Å². The monoisotopic (exact) mass is 846 g/mol. The number of rotatable bonds is 9. The molecule has 2 N–H and O–H groups in total. The van der Waals surface area contributed by atoms with Crippen LogP contribution in [0.15, 0.2) is 66.9 Å². The number of halogens is 1. The lowest BCUT2D eigenvalue weighted by atomic mass is 9.92. The average molecular weight is 847 g/mol. The molecule has 3 aromatic carbocycles. The van der Waals surface area contributed by atoms with Gasteiger partial charge in [0.15, 0.2) is 0 Å². The molecule has 4 aromatic rings. The number of hydrogen-bond acceptors (Lipinski definition) is 11. The van der Waals surface area contributed by atoms with Crippen LogP contribution in [0, 0.1) is 23.1 Å². The third-order valence-corrected chi connectivity index (χ3v) is 13.2. The summed E-state index contributed by atoms with van der Waals surface area (Å²) in [5.41, 5.74) is 4.34. The van der Waals surface area contributed by atoms with Gasteiger partial charge in [0.05, 0.1) is 29.5 Å². The molecule has 14 nitrogen and oxygen atoms in total. The minimum absolute atomic E-state index is 0. The van der Waals surface area contributed by atoms with Gasteiger partial charge >= 0.3 is 0 Å². The first-order valence-corrected chi connectivity index (χ1v) is 21.8. The fraction of sp³-hybridized carbons (Fsp3) is 0.447. The van der Waals surface area contributed by atoms with E-state index in [4.69, 9.17) is 9.47 Å². The molecule has 15 heteroatoms. The van der Waals surface area contributed by atoms with E-state index in [0.717, 1.165) is 101 Å². The van der Waals surface area contributed by atoms with Crippen molar-refractivity contribution >= 4 is 45.9 Å². The second kappa shape index (κ2) is 18.1. The largest absolute Gasteiger partial charge is 0.490 e. The zero-order valence-electron chi connectivity index (χ0n) is 34.7. The molecule has 326 valence electrons. The Labute approximate surface area is 362 Å². The molecule has 62 heavy (non-hydrogen) atoms. The summed E-state index contributed by atoms with van der Waals surface area (Å²) in [6.45, 7) is 6.29. The van der Waals surface area contributed by atoms with E-state index in [-0.39, 0.29) is 64.7 Å². The normalized spacial score (nSPS) is 22.7. The highest BCUT2D eigenvalue weighted by Crippen LogP contribution is 2.33. The van der Waals surface area contributed by atoms with Crippen LogP contribution in [0.4, 0.5) is 15.8 Å². The number of anilines is 2. The smallest absolute Gasteiger partial charge is 0.256 e. The fourth-order valence-corrected chi connectivity index (χ4v) is 9.71. The summed E-state index contributed by atoms with van der Waals surface area (Å²) in [5, 5.41) is 15.7. The van der Waals surface area contributed by atoms with Gasteiger partial charge in [0, 0.05) is 89.5 Å². The van der Waals surface area contributed by atoms with Crippen LogP contribution in [-0.4, -0.2) is 109 Å². The summed E-state index contributed by atoms with van der Waals surface area (Å²) in [6.07, 6.45) is 7.07. The molecule has 4 amide bonds. The molecule has 1 aromatic heterocycles. The fourth-order valence-electron chi connectivity index (χ4n) is 9.71. The number of hydrogen-bond donors (Lipinski definition) is 2. The number of imide groups is 1. The minimum atomic E-state index is -0.729. The first-order valence-electron chi connectivity index (χ1n) is 21.8. The van der Waals surface area contributed by atoms with Gasteiger partial charge in [0.25, 0.3) is 11.8 Å². The SMILES string of the molecule is N#Cc1ccc(OC2CCC(NC(=O)c3ccc(N4CCC(CN5CCN(c6ccc7c(c6)COCN(C6CCC(=O)NC6=O)C7=O)CC5)CC4)c(F)c3)CC2)c2cccnc12.[HH].[HH]. The number of aromatic nitrogens is 1. The van der Waals surface area contributed by atoms with E-state index < -0.39 is 11.9 Å². The van der Waals surface area contributed by atoms with Crippen LogP contribution >= 0.6 is 0 Å². The molecule has 3 saturated heterocycles. The minimum Gasteiger partial charge on any atom is -0.490 e. The van der Waals surface area contributed by atoms with Gasteiger partial charge in [-0.15, -0.1) is 0 Å². The van der Waals surface area contributed by atoms with Crippen molar-refractivity contribution in [2.75, 3.05) is 62.3 Å². The highest BCUT2D eigenvalue weighted by molar-refractivity contribution is 6.04. The zero-order chi connectivity index (χ0) is 42.7. The van der Waals surface area contributed by atoms with Crippen molar-refractivity contribution in [2.45, 2.75) is 76.2 Å². The summed E-state index contributed by atoms with van der Waals surface area (Å²) in [6, 6.07) is 19.4. The molecule has 0 spiro atoms. The number of carbonyl (C=O) groups is 4. The zero-order valence-corrected chi connectivity index (χ0v) is 34.7. The van der Waals surface area contributed by atoms with E-state index in [1.54, 1.807) is 24.4 Å². The van der Waals surface area contributed by atoms with Gasteiger partial charge in [0.2, 0.25) is 11.8 Å². The van der Waals surface area contributed by atoms with E-state index in [1.807, 2.05) is 36.4 Å². The van der Waals surface area contributed by atoms with Crippen LogP contribution in [0.2, 0.25) is 0 Å². The Kier molecular flexibility index (Phi) is 12.0. The quantitative estimate of drug-likeness (QED) is 0.201. The molecular weight excluding hydrogens is 792 g/mol. The number of piperidine rings is 2. The number of amides is 4. The van der Waals surface area contributed by atoms with Gasteiger partial charge in [-0.25, -0.2) is 4.39 Å². The highest BCUT2D eigenvalue weighted by Gasteiger charge is 2.37. The van der Waals surface area contributed by atoms with Crippen molar-refractivity contribution in [1.82, 2.24) is 25.4 Å². The summed E-state index contributed by atoms with van der Waals surface area (Å²) in [7, 11) is 0. The number of nitriles is 1. The maximum Gasteiger partial charge on any atom is 0.256 e. The molecule has 5 aliphatic rings. The van der Waals surface area contributed by atoms with Crippen LogP contribution in [0.3, 0.4) is 0 Å². The van der Waals surface area contributed by atoms with Crippen molar-refractivity contribution in [3.8, 4) is 11.8 Å². The van der Waals surface area contributed by atoms with Crippen LogP contribution in [0.5, 0.6) is 5.75 Å². The Morgan fingerprint density at radius 2 is 1.74 bits per heavy atom. The molecule has 4 fully saturated rings. The molecule has 5 heterocycles. The van der Waals surface area contributed by atoms with Crippen molar-refractivity contribution in [2.24, 2.45) is 5.92 Å². The van der Waals surface area contributed by atoms with E-state index in [9.17, 15) is 24.4 Å². The lowest BCUT2D eigenvalue weighted by molar-refractivity contribution is -0.138. The second-order valence-corrected chi connectivity index (χ2v) is 17.1. The number of ether oxygens (including phenoxy) is 2. The number of fused-ring (bicyclic) bond motifs is 2. The Bertz CT molecular complexity index is 2410. The topological polar surface area (TPSA) is 160 Å². The standard InChI is InChI=1S/C47H51FN8O6.2H2/c48-39-25-31(45(58)51-34-5-8-36(9-6-34)62-42-13-4-32(26-49)44-38(42)2-1-17-50-44)3-11-40(39)55-18-15-30(16-19-55)27-53-20-22-54(23-21-53)35-7-10-37-33(24-35)28-61-29-56(47(37)60)41-12-14-43(57)52-46(41)59;;/h1-4,7,10-11,13,17,24-25,30,34,36,41H,5-6,8-9,12,14-16,18-23,27-29H2,(H,51,58)(H,52,57,59);2*1H. The third-order valence-electron chi connectivity index (χ3n) is 13.2. The van der Waals surface area contributed by atoms with Gasteiger partial charge in [0.1, 0.15) is 30.4 Å². The lowest BCUT2D eigenvalue weighted by Crippen LogP contribution is -2.54. The van der Waals surface area contributed by atoms with Crippen molar-refractivity contribution in [3.63, 3.8) is 0 Å². The number of nitrogens with zero attached hydrogens (tertiary/aromatic N) is 6. The summed E-state index contributed by atoms with van der Waals surface area (Å²) >= 11 is 0. The molecule has 0 bridgehead atoms. The Balaban J connectivity index is 0.00000306. The van der Waals surface area contributed by atoms with E-state index in [1.165, 1.54) is 11.0 Å². The van der Waals surface area contributed by atoms with Crippen molar-refractivity contribution < 1.29 is 35.9 Å². The molecule has 9 rings (SSSR count). The second-order valence-electron chi connectivity index (χ2n) is 17.1. The maximum atomic E-state index is 15.6. The number of carbonyl (C=O) groups excluding carboxylic acids is 4. The van der Waals surface area contributed by atoms with Crippen LogP contribution in [0.1, 0.15) is 86.1 Å². The Morgan fingerprint density at radius 1 is 0.935 bits per heavy atom. The van der Waals surface area contributed by atoms with Gasteiger partial charge in [-0.1, -0.05) is 0 Å². The van der Waals surface area contributed by atoms with Gasteiger partial charge in [-0.3, -0.25) is 34.4 Å². The van der Waals surface area contributed by atoms with Crippen molar-refractivity contribution in [1.29, 1.82) is 5.26 Å². The summed E-state index contributed by atoms with van der Waals surface area (Å²) in [4.78, 5) is 63.6. The molecule has 1 atom stereocenters. The molecule has 0 radical (unpaired) electrons. The number of piperazine rings is 1. The predicted octanol–water partition coefficient (Wildman–Crippen LogP) is 5.63. The van der Waals surface area contributed by atoms with Crippen molar-refractivity contribution in [3.05, 3.63) is 94.9 Å². The molecular formula is C47H55FN8O6. The van der Waals surface area contributed by atoms with Crippen LogP contribution < -0.4 is 25.2 Å². The van der Waals surface area contributed by atoms with Gasteiger partial charge in [-0.05, 0) is 117 Å². The molecule has 1 saturated carbocycles. The lowest BCUT2D eigenvalue weighted by Gasteiger charge is -2.40. The molecule has 1 aliphatic carbocycles.